The Bertz CT molecular complexity index is 956. The number of rotatable bonds is 4. The monoisotopic (exact) mass is 383 g/mol. The van der Waals surface area contributed by atoms with Crippen LogP contribution in [0.2, 0.25) is 0 Å². The average molecular weight is 383 g/mol. The summed E-state index contributed by atoms with van der Waals surface area (Å²) in [6, 6.07) is 15.0. The third kappa shape index (κ3) is 3.23. The van der Waals surface area contributed by atoms with Crippen molar-refractivity contribution in [2.24, 2.45) is 0 Å². The van der Waals surface area contributed by atoms with E-state index in [0.29, 0.717) is 17.2 Å². The van der Waals surface area contributed by atoms with Crippen LogP contribution < -0.4 is 4.65 Å². The highest BCUT2D eigenvalue weighted by atomic mass is 32.1. The number of hydrogen-bond acceptors (Lipinski definition) is 6. The molecule has 7 heteroatoms. The zero-order chi connectivity index (χ0) is 19.0. The Morgan fingerprint density at radius 3 is 2.81 bits per heavy atom. The molecule has 140 valence electrons. The van der Waals surface area contributed by atoms with Gasteiger partial charge >= 0.3 is 5.97 Å². The number of hydrogen-bond donors (Lipinski definition) is 0. The lowest BCUT2D eigenvalue weighted by Gasteiger charge is -2.38. The van der Waals surface area contributed by atoms with Crippen LogP contribution in [0.5, 0.6) is 0 Å². The maximum atomic E-state index is 13.7. The number of quaternary nitrogens is 1. The van der Waals surface area contributed by atoms with Gasteiger partial charge in [-0.05, 0) is 37.2 Å². The minimum atomic E-state index is -0.840. The Kier molecular flexibility index (Phi) is 4.69. The van der Waals surface area contributed by atoms with Gasteiger partial charge < -0.3 is 9.94 Å². The van der Waals surface area contributed by atoms with Crippen LogP contribution >= 0.6 is 11.3 Å². The molecule has 2 heterocycles. The predicted molar refractivity (Wildman–Crippen MR) is 107 cm³/mol. The normalized spacial score (nSPS) is 23.0. The second-order valence-electron chi connectivity index (χ2n) is 6.81. The molecule has 6 nitrogen and oxygen atoms in total. The molecule has 0 amide bonds. The second-order valence-corrected chi connectivity index (χ2v) is 7.82. The number of carbonyl (C=O) groups is 1. The van der Waals surface area contributed by atoms with E-state index in [1.807, 2.05) is 61.3 Å². The largest absolute Gasteiger partial charge is 0.622 e. The van der Waals surface area contributed by atoms with Gasteiger partial charge in [0.25, 0.3) is 11.4 Å². The van der Waals surface area contributed by atoms with Gasteiger partial charge in [-0.1, -0.05) is 48.6 Å². The third-order valence-electron chi connectivity index (χ3n) is 4.85. The lowest BCUT2D eigenvalue weighted by Crippen LogP contribution is -2.50. The number of ether oxygens (including phenoxy) is 1. The molecule has 0 radical (unpaired) electrons. The summed E-state index contributed by atoms with van der Waals surface area (Å²) in [6.45, 7) is 2.57. The molecule has 0 saturated carbocycles. The zero-order valence-corrected chi connectivity index (χ0v) is 16.1. The van der Waals surface area contributed by atoms with Crippen LogP contribution in [0.3, 0.4) is 0 Å². The van der Waals surface area contributed by atoms with Crippen molar-refractivity contribution in [2.45, 2.75) is 19.6 Å². The van der Waals surface area contributed by atoms with E-state index in [2.05, 4.69) is 4.98 Å². The molecule has 0 spiro atoms. The molecule has 2 unspecified atom stereocenters. The molecule has 2 aromatic carbocycles. The van der Waals surface area contributed by atoms with Gasteiger partial charge in [0.05, 0.1) is 22.3 Å². The molecule has 1 saturated heterocycles. The van der Waals surface area contributed by atoms with Crippen LogP contribution in [0, 0.1) is 5.21 Å². The van der Waals surface area contributed by atoms with Crippen LogP contribution in [0.1, 0.15) is 22.8 Å². The maximum Gasteiger partial charge on any atom is 0.342 e. The highest BCUT2D eigenvalue weighted by molar-refractivity contribution is 7.22. The van der Waals surface area contributed by atoms with E-state index in [-0.39, 0.29) is 6.67 Å². The fourth-order valence-corrected chi connectivity index (χ4v) is 4.48. The van der Waals surface area contributed by atoms with E-state index in [9.17, 15) is 10.0 Å². The zero-order valence-electron chi connectivity index (χ0n) is 15.3. The number of esters is 1. The number of carbonyl (C=O) groups excluding carboxylic acids is 1. The molecule has 1 aliphatic heterocycles. The first-order valence-corrected chi connectivity index (χ1v) is 9.75. The summed E-state index contributed by atoms with van der Waals surface area (Å²) in [5, 5.41) is 14.1. The summed E-state index contributed by atoms with van der Waals surface area (Å²) in [6.07, 6.45) is -0.113. The number of fused-ring (bicyclic) bond motifs is 1. The molecule has 3 aromatic rings. The van der Waals surface area contributed by atoms with Crippen LogP contribution in [-0.2, 0) is 11.2 Å². The van der Waals surface area contributed by atoms with Gasteiger partial charge in [0.15, 0.2) is 0 Å². The van der Waals surface area contributed by atoms with E-state index in [1.54, 1.807) is 6.07 Å². The van der Waals surface area contributed by atoms with E-state index < -0.39 is 16.8 Å². The Hall–Kier alpha value is -2.32. The van der Waals surface area contributed by atoms with E-state index in [0.717, 1.165) is 22.2 Å². The first-order chi connectivity index (χ1) is 13.0. The first kappa shape index (κ1) is 18.1. The van der Waals surface area contributed by atoms with Crippen molar-refractivity contribution in [3.63, 3.8) is 0 Å². The average Bonchev–Trinajstić information content (AvgIpc) is 3.23. The fourth-order valence-electron chi connectivity index (χ4n) is 3.45. The van der Waals surface area contributed by atoms with Gasteiger partial charge in [-0.3, -0.25) is 4.65 Å². The molecular weight excluding hydrogens is 362 g/mol. The summed E-state index contributed by atoms with van der Waals surface area (Å²) in [4.78, 5) is 19.2. The van der Waals surface area contributed by atoms with Crippen molar-refractivity contribution in [1.82, 2.24) is 14.5 Å². The minimum absolute atomic E-state index is 0.202. The van der Waals surface area contributed by atoms with Gasteiger partial charge in [-0.15, -0.1) is 0 Å². The Labute approximate surface area is 161 Å². The molecule has 1 aliphatic rings. The van der Waals surface area contributed by atoms with Crippen molar-refractivity contribution in [1.29, 1.82) is 0 Å². The van der Waals surface area contributed by atoms with Crippen LogP contribution in [0.25, 0.3) is 10.2 Å². The van der Waals surface area contributed by atoms with E-state index in [4.69, 9.17) is 4.74 Å². The number of hydroxylamine groups is 2. The smallest absolute Gasteiger partial charge is 0.342 e. The molecule has 27 heavy (non-hydrogen) atoms. The van der Waals surface area contributed by atoms with Gasteiger partial charge in [0, 0.05) is 0 Å². The van der Waals surface area contributed by atoms with Crippen molar-refractivity contribution in [2.75, 3.05) is 20.3 Å². The van der Waals surface area contributed by atoms with Crippen LogP contribution in [0.15, 0.2) is 48.5 Å². The highest BCUT2D eigenvalue weighted by Gasteiger charge is 2.45. The number of benzene rings is 2. The standard InChI is InChI=1S/C20H21N3O3S/c1-3-14-8-4-5-9-15(14)19(24)26-18-12-22(2)13-23(18,25)20-21-16-10-6-7-11-17(16)27-20/h4-11,18H,3,12-13H2,1-2H3. The molecule has 4 rings (SSSR count). The lowest BCUT2D eigenvalue weighted by atomic mass is 10.1. The molecule has 1 fully saturated rings. The Morgan fingerprint density at radius 2 is 2.04 bits per heavy atom. The SMILES string of the molecule is CCc1ccccc1C(=O)OC1CN(C)C[N+]1([O-])c1nc2ccccc2s1. The number of para-hydroxylation sites is 1. The summed E-state index contributed by atoms with van der Waals surface area (Å²) in [5.41, 5.74) is 2.23. The number of thiazole rings is 1. The number of likely N-dealkylation sites (N-methyl/N-ethyl adjacent to an activating group) is 1. The molecule has 1 aromatic heterocycles. The highest BCUT2D eigenvalue weighted by Crippen LogP contribution is 2.37. The third-order valence-corrected chi connectivity index (χ3v) is 6.00. The summed E-state index contributed by atoms with van der Waals surface area (Å²) in [5.74, 6) is -0.452. The van der Waals surface area contributed by atoms with Crippen LogP contribution in [-0.4, -0.2) is 42.3 Å². The van der Waals surface area contributed by atoms with Gasteiger partial charge in [-0.2, -0.15) is 4.98 Å². The quantitative estimate of drug-likeness (QED) is 0.390. The first-order valence-electron chi connectivity index (χ1n) is 8.93. The van der Waals surface area contributed by atoms with E-state index >= 15 is 0 Å². The van der Waals surface area contributed by atoms with Crippen molar-refractivity contribution in [3.05, 3.63) is 64.9 Å². The fraction of sp³-hybridized carbons (Fsp3) is 0.300. The van der Waals surface area contributed by atoms with Crippen LogP contribution in [0.4, 0.5) is 5.13 Å². The molecule has 0 bridgehead atoms. The Morgan fingerprint density at radius 1 is 1.30 bits per heavy atom. The second kappa shape index (κ2) is 7.01. The number of aromatic nitrogens is 1. The summed E-state index contributed by atoms with van der Waals surface area (Å²) >= 11 is 1.36. The summed E-state index contributed by atoms with van der Waals surface area (Å²) < 4.78 is 5.91. The van der Waals surface area contributed by atoms with Crippen molar-refractivity contribution in [3.8, 4) is 0 Å². The predicted octanol–water partition coefficient (Wildman–Crippen LogP) is 3.75. The number of aryl methyl sites for hydroxylation is 1. The Balaban J connectivity index is 1.65. The van der Waals surface area contributed by atoms with E-state index in [1.165, 1.54) is 11.3 Å². The molecular formula is C20H21N3O3S. The molecule has 2 atom stereocenters. The topological polar surface area (TPSA) is 65.5 Å². The molecule has 0 aliphatic carbocycles. The maximum absolute atomic E-state index is 13.7. The lowest BCUT2D eigenvalue weighted by molar-refractivity contribution is 0.00563. The van der Waals surface area contributed by atoms with Gasteiger partial charge in [-0.25, -0.2) is 9.69 Å². The van der Waals surface area contributed by atoms with Crippen molar-refractivity contribution < 1.29 is 9.53 Å². The number of nitrogens with zero attached hydrogens (tertiary/aromatic N) is 3. The molecule has 0 N–H and O–H groups in total. The van der Waals surface area contributed by atoms with Gasteiger partial charge in [0.2, 0.25) is 0 Å². The van der Waals surface area contributed by atoms with Gasteiger partial charge in [0.1, 0.15) is 6.67 Å². The minimum Gasteiger partial charge on any atom is -0.622 e. The van der Waals surface area contributed by atoms with Crippen molar-refractivity contribution >= 4 is 32.7 Å². The summed E-state index contributed by atoms with van der Waals surface area (Å²) in [7, 11) is 1.85.